The van der Waals surface area contributed by atoms with Crippen LogP contribution in [0.3, 0.4) is 0 Å². The van der Waals surface area contributed by atoms with Crippen molar-refractivity contribution in [3.63, 3.8) is 0 Å². The van der Waals surface area contributed by atoms with Crippen molar-refractivity contribution in [3.8, 4) is 0 Å². The van der Waals surface area contributed by atoms with E-state index in [4.69, 9.17) is 27.9 Å². The van der Waals surface area contributed by atoms with E-state index >= 15 is 0 Å². The molecule has 126 valence electrons. The SMILES string of the molecule is COC(=O)CC(NC(=O)c1nc(Cl)ccc1Cl)c1cccc(Br)c1. The number of rotatable bonds is 5. The normalized spacial score (nSPS) is 11.7. The van der Waals surface area contributed by atoms with E-state index in [0.29, 0.717) is 0 Å². The second-order valence-corrected chi connectivity index (χ2v) is 6.54. The second-order valence-electron chi connectivity index (χ2n) is 4.83. The van der Waals surface area contributed by atoms with Crippen molar-refractivity contribution >= 4 is 51.0 Å². The molecule has 1 aromatic carbocycles. The van der Waals surface area contributed by atoms with Crippen LogP contribution in [0.15, 0.2) is 40.9 Å². The molecule has 0 aliphatic heterocycles. The first-order valence-corrected chi connectivity index (χ1v) is 8.40. The van der Waals surface area contributed by atoms with Gasteiger partial charge in [-0.25, -0.2) is 4.98 Å². The van der Waals surface area contributed by atoms with Crippen molar-refractivity contribution in [2.24, 2.45) is 0 Å². The van der Waals surface area contributed by atoms with Crippen molar-refractivity contribution in [3.05, 3.63) is 62.3 Å². The highest BCUT2D eigenvalue weighted by atomic mass is 79.9. The minimum absolute atomic E-state index is 0.00553. The van der Waals surface area contributed by atoms with Crippen LogP contribution in [0.4, 0.5) is 0 Å². The lowest BCUT2D eigenvalue weighted by Gasteiger charge is -2.18. The molecule has 1 amide bonds. The summed E-state index contributed by atoms with van der Waals surface area (Å²) in [5.41, 5.74) is 0.732. The van der Waals surface area contributed by atoms with E-state index in [-0.39, 0.29) is 22.3 Å². The summed E-state index contributed by atoms with van der Waals surface area (Å²) in [5, 5.41) is 3.06. The Hall–Kier alpha value is -1.63. The summed E-state index contributed by atoms with van der Waals surface area (Å²) in [6, 6.07) is 9.63. The number of methoxy groups -OCH3 is 1. The second kappa shape index (κ2) is 8.46. The number of carbonyl (C=O) groups is 2. The standard InChI is InChI=1S/C16H13BrCl2N2O3/c1-24-14(22)8-12(9-3-2-4-10(17)7-9)20-16(23)15-11(18)5-6-13(19)21-15/h2-7,12H,8H2,1H3,(H,20,23). The number of aromatic nitrogens is 1. The number of hydrogen-bond acceptors (Lipinski definition) is 4. The number of benzene rings is 1. The molecule has 1 N–H and O–H groups in total. The van der Waals surface area contributed by atoms with E-state index in [0.717, 1.165) is 10.0 Å². The lowest BCUT2D eigenvalue weighted by Crippen LogP contribution is -2.31. The first kappa shape index (κ1) is 18.7. The van der Waals surface area contributed by atoms with Crippen LogP contribution < -0.4 is 5.32 Å². The Morgan fingerprint density at radius 1 is 1.29 bits per heavy atom. The van der Waals surface area contributed by atoms with Crippen LogP contribution in [0, 0.1) is 0 Å². The number of halogens is 3. The van der Waals surface area contributed by atoms with Gasteiger partial charge in [-0.15, -0.1) is 0 Å². The third-order valence-electron chi connectivity index (χ3n) is 3.18. The Morgan fingerprint density at radius 3 is 2.71 bits per heavy atom. The minimum atomic E-state index is -0.598. The van der Waals surface area contributed by atoms with E-state index in [1.54, 1.807) is 18.2 Å². The number of nitrogens with one attached hydrogen (secondary N) is 1. The molecule has 24 heavy (non-hydrogen) atoms. The number of pyridine rings is 1. The van der Waals surface area contributed by atoms with Crippen molar-refractivity contribution < 1.29 is 14.3 Å². The van der Waals surface area contributed by atoms with Gasteiger partial charge in [0.05, 0.1) is 24.6 Å². The van der Waals surface area contributed by atoms with Gasteiger partial charge < -0.3 is 10.1 Å². The predicted octanol–water partition coefficient (Wildman–Crippen LogP) is 4.19. The molecule has 1 aromatic heterocycles. The molecule has 8 heteroatoms. The molecule has 0 saturated heterocycles. The smallest absolute Gasteiger partial charge is 0.307 e. The maximum atomic E-state index is 12.5. The number of nitrogens with zero attached hydrogens (tertiary/aromatic N) is 1. The fourth-order valence-corrected chi connectivity index (χ4v) is 2.79. The highest BCUT2D eigenvalue weighted by Crippen LogP contribution is 2.23. The Balaban J connectivity index is 2.29. The van der Waals surface area contributed by atoms with Crippen molar-refractivity contribution in [1.82, 2.24) is 10.3 Å². The average Bonchev–Trinajstić information content (AvgIpc) is 2.56. The highest BCUT2D eigenvalue weighted by Gasteiger charge is 2.22. The van der Waals surface area contributed by atoms with Gasteiger partial charge in [-0.3, -0.25) is 9.59 Å². The summed E-state index contributed by atoms with van der Waals surface area (Å²) in [6.07, 6.45) is -0.0309. The molecule has 2 rings (SSSR count). The third kappa shape index (κ3) is 4.93. The van der Waals surface area contributed by atoms with E-state index in [1.165, 1.54) is 19.2 Å². The average molecular weight is 432 g/mol. The van der Waals surface area contributed by atoms with Gasteiger partial charge >= 0.3 is 5.97 Å². The van der Waals surface area contributed by atoms with E-state index in [2.05, 4.69) is 26.2 Å². The monoisotopic (exact) mass is 430 g/mol. The third-order valence-corrected chi connectivity index (χ3v) is 4.19. The van der Waals surface area contributed by atoms with Gasteiger partial charge in [0.1, 0.15) is 10.8 Å². The summed E-state index contributed by atoms with van der Waals surface area (Å²) in [7, 11) is 1.29. The van der Waals surface area contributed by atoms with Crippen LogP contribution in [0.2, 0.25) is 10.2 Å². The lowest BCUT2D eigenvalue weighted by atomic mass is 10.0. The molecule has 1 heterocycles. The summed E-state index contributed by atoms with van der Waals surface area (Å²) in [5.74, 6) is -0.984. The summed E-state index contributed by atoms with van der Waals surface area (Å²) in [6.45, 7) is 0. The van der Waals surface area contributed by atoms with Crippen LogP contribution in [-0.2, 0) is 9.53 Å². The largest absolute Gasteiger partial charge is 0.469 e. The maximum Gasteiger partial charge on any atom is 0.307 e. The molecule has 1 atom stereocenters. The van der Waals surface area contributed by atoms with Crippen LogP contribution in [-0.4, -0.2) is 24.0 Å². The van der Waals surface area contributed by atoms with Crippen LogP contribution in [0.25, 0.3) is 0 Å². The molecule has 2 aromatic rings. The fraction of sp³-hybridized carbons (Fsp3) is 0.188. The fourth-order valence-electron chi connectivity index (χ4n) is 2.03. The van der Waals surface area contributed by atoms with Gasteiger partial charge in [-0.1, -0.05) is 51.3 Å². The van der Waals surface area contributed by atoms with Crippen molar-refractivity contribution in [2.45, 2.75) is 12.5 Å². The van der Waals surface area contributed by atoms with Gasteiger partial charge in [0.15, 0.2) is 0 Å². The quantitative estimate of drug-likeness (QED) is 0.569. The highest BCUT2D eigenvalue weighted by molar-refractivity contribution is 9.10. The molecule has 0 spiro atoms. The number of carbonyl (C=O) groups excluding carboxylic acids is 2. The lowest BCUT2D eigenvalue weighted by molar-refractivity contribution is -0.141. The summed E-state index contributed by atoms with van der Waals surface area (Å²) in [4.78, 5) is 28.1. The molecular formula is C16H13BrCl2N2O3. The van der Waals surface area contributed by atoms with Crippen LogP contribution in [0.1, 0.15) is 28.5 Å². The molecule has 0 fully saturated rings. The molecule has 0 bridgehead atoms. The molecular weight excluding hydrogens is 419 g/mol. The zero-order valence-electron chi connectivity index (χ0n) is 12.6. The number of esters is 1. The summed E-state index contributed by atoms with van der Waals surface area (Å²) < 4.78 is 5.52. The predicted molar refractivity (Wildman–Crippen MR) is 95.2 cm³/mol. The van der Waals surface area contributed by atoms with E-state index in [1.807, 2.05) is 6.07 Å². The molecule has 0 aliphatic rings. The van der Waals surface area contributed by atoms with Gasteiger partial charge in [0.25, 0.3) is 5.91 Å². The van der Waals surface area contributed by atoms with Gasteiger partial charge in [-0.2, -0.15) is 0 Å². The first-order chi connectivity index (χ1) is 11.4. The maximum absolute atomic E-state index is 12.5. The van der Waals surface area contributed by atoms with Gasteiger partial charge in [0, 0.05) is 4.47 Å². The van der Waals surface area contributed by atoms with E-state index < -0.39 is 17.9 Å². The van der Waals surface area contributed by atoms with E-state index in [9.17, 15) is 9.59 Å². The Labute approximate surface area is 157 Å². The Bertz CT molecular complexity index is 771. The molecule has 0 aliphatic carbocycles. The zero-order valence-corrected chi connectivity index (χ0v) is 15.7. The Kier molecular flexibility index (Phi) is 6.60. The van der Waals surface area contributed by atoms with Gasteiger partial charge in [0.2, 0.25) is 0 Å². The minimum Gasteiger partial charge on any atom is -0.469 e. The van der Waals surface area contributed by atoms with Crippen molar-refractivity contribution in [2.75, 3.05) is 7.11 Å². The Morgan fingerprint density at radius 2 is 2.04 bits per heavy atom. The first-order valence-electron chi connectivity index (χ1n) is 6.86. The molecule has 0 saturated carbocycles. The molecule has 0 radical (unpaired) electrons. The zero-order chi connectivity index (χ0) is 17.7. The van der Waals surface area contributed by atoms with Gasteiger partial charge in [-0.05, 0) is 29.8 Å². The topological polar surface area (TPSA) is 68.3 Å². The number of amides is 1. The molecule has 5 nitrogen and oxygen atoms in total. The number of hydrogen-bond donors (Lipinski definition) is 1. The van der Waals surface area contributed by atoms with Crippen LogP contribution in [0.5, 0.6) is 0 Å². The molecule has 1 unspecified atom stereocenters. The number of ether oxygens (including phenoxy) is 1. The summed E-state index contributed by atoms with van der Waals surface area (Å²) >= 11 is 15.2. The van der Waals surface area contributed by atoms with Crippen molar-refractivity contribution in [1.29, 1.82) is 0 Å². The van der Waals surface area contributed by atoms with Crippen LogP contribution >= 0.6 is 39.1 Å².